The van der Waals surface area contributed by atoms with Gasteiger partial charge < -0.3 is 15.0 Å². The molecular weight excluding hydrogens is 466 g/mol. The van der Waals surface area contributed by atoms with E-state index in [4.69, 9.17) is 4.74 Å². The number of nitrogens with one attached hydrogen (secondary N) is 1. The minimum Gasteiger partial charge on any atom is -0.494 e. The third-order valence-electron chi connectivity index (χ3n) is 5.65. The van der Waals surface area contributed by atoms with Crippen LogP contribution in [0.1, 0.15) is 44.7 Å². The quantitative estimate of drug-likeness (QED) is 0.451. The fraction of sp³-hybridized carbons (Fsp3) is 0.462. The average molecular weight is 504 g/mol. The van der Waals surface area contributed by atoms with Gasteiger partial charge in [-0.3, -0.25) is 13.9 Å². The molecule has 0 aliphatic rings. The molecule has 0 aliphatic heterocycles. The topological polar surface area (TPSA) is 96.0 Å². The highest BCUT2D eigenvalue weighted by molar-refractivity contribution is 7.92. The molecular formula is C26H37N3O5S. The van der Waals surface area contributed by atoms with E-state index in [0.717, 1.165) is 28.1 Å². The molecule has 1 unspecified atom stereocenters. The largest absolute Gasteiger partial charge is 0.494 e. The molecule has 0 radical (unpaired) electrons. The Kier molecular flexibility index (Phi) is 10.6. The molecule has 0 saturated carbocycles. The Morgan fingerprint density at radius 3 is 2.23 bits per heavy atom. The van der Waals surface area contributed by atoms with Gasteiger partial charge in [-0.05, 0) is 62.1 Å². The van der Waals surface area contributed by atoms with Crippen molar-refractivity contribution in [1.29, 1.82) is 0 Å². The summed E-state index contributed by atoms with van der Waals surface area (Å²) in [6.45, 7) is 8.37. The SMILES string of the molecule is CCCNC(=O)C(CC)N(Cc1ccccc1C)C(=O)CN(c1ccc(OCC)cc1)S(C)(=O)=O. The summed E-state index contributed by atoms with van der Waals surface area (Å²) in [6, 6.07) is 13.5. The van der Waals surface area contributed by atoms with Crippen molar-refractivity contribution < 1.29 is 22.7 Å². The molecule has 2 amide bonds. The lowest BCUT2D eigenvalue weighted by Crippen LogP contribution is -2.52. The van der Waals surface area contributed by atoms with Crippen molar-refractivity contribution in [3.63, 3.8) is 0 Å². The van der Waals surface area contributed by atoms with Crippen LogP contribution in [0.3, 0.4) is 0 Å². The molecule has 35 heavy (non-hydrogen) atoms. The lowest BCUT2D eigenvalue weighted by Gasteiger charge is -2.33. The van der Waals surface area contributed by atoms with Crippen LogP contribution in [0, 0.1) is 6.92 Å². The van der Waals surface area contributed by atoms with E-state index in [-0.39, 0.29) is 12.5 Å². The molecule has 2 aromatic rings. The predicted molar refractivity (Wildman–Crippen MR) is 139 cm³/mol. The maximum Gasteiger partial charge on any atom is 0.244 e. The van der Waals surface area contributed by atoms with Gasteiger partial charge in [0.25, 0.3) is 0 Å². The van der Waals surface area contributed by atoms with Crippen LogP contribution in [0.15, 0.2) is 48.5 Å². The van der Waals surface area contributed by atoms with Crippen LogP contribution in [0.2, 0.25) is 0 Å². The van der Waals surface area contributed by atoms with Gasteiger partial charge in [-0.1, -0.05) is 38.1 Å². The highest BCUT2D eigenvalue weighted by atomic mass is 32.2. The Labute approximate surface area is 209 Å². The van der Waals surface area contributed by atoms with E-state index in [1.807, 2.05) is 52.0 Å². The number of ether oxygens (including phenoxy) is 1. The number of anilines is 1. The van der Waals surface area contributed by atoms with Gasteiger partial charge in [-0.25, -0.2) is 8.42 Å². The Balaban J connectivity index is 2.41. The first-order valence-corrected chi connectivity index (χ1v) is 13.8. The molecule has 0 fully saturated rings. The summed E-state index contributed by atoms with van der Waals surface area (Å²) in [5.41, 5.74) is 2.23. The van der Waals surface area contributed by atoms with Crippen molar-refractivity contribution in [2.75, 3.05) is 30.3 Å². The van der Waals surface area contributed by atoms with Crippen molar-refractivity contribution >= 4 is 27.5 Å². The first kappa shape index (κ1) is 28.2. The van der Waals surface area contributed by atoms with Crippen LogP contribution in [-0.2, 0) is 26.2 Å². The Hall–Kier alpha value is -3.07. The number of nitrogens with zero attached hydrogens (tertiary/aromatic N) is 2. The van der Waals surface area contributed by atoms with E-state index in [0.29, 0.717) is 31.0 Å². The van der Waals surface area contributed by atoms with Crippen molar-refractivity contribution in [2.24, 2.45) is 0 Å². The molecule has 9 heteroatoms. The molecule has 0 aliphatic carbocycles. The summed E-state index contributed by atoms with van der Waals surface area (Å²) in [4.78, 5) is 28.1. The molecule has 1 atom stereocenters. The Morgan fingerprint density at radius 2 is 1.69 bits per heavy atom. The number of rotatable bonds is 13. The third-order valence-corrected chi connectivity index (χ3v) is 6.79. The lowest BCUT2D eigenvalue weighted by atomic mass is 10.1. The van der Waals surface area contributed by atoms with E-state index in [1.54, 1.807) is 24.3 Å². The van der Waals surface area contributed by atoms with Gasteiger partial charge in [0.05, 0.1) is 18.6 Å². The zero-order valence-corrected chi connectivity index (χ0v) is 22.1. The molecule has 8 nitrogen and oxygen atoms in total. The molecule has 2 aromatic carbocycles. The molecule has 0 spiro atoms. The first-order chi connectivity index (χ1) is 16.6. The fourth-order valence-electron chi connectivity index (χ4n) is 3.75. The van der Waals surface area contributed by atoms with Gasteiger partial charge >= 0.3 is 0 Å². The second-order valence-corrected chi connectivity index (χ2v) is 10.3. The monoisotopic (exact) mass is 503 g/mol. The zero-order chi connectivity index (χ0) is 26.0. The Bertz CT molecular complexity index is 1090. The third kappa shape index (κ3) is 7.99. The maximum atomic E-state index is 13.7. The first-order valence-electron chi connectivity index (χ1n) is 11.9. The summed E-state index contributed by atoms with van der Waals surface area (Å²) in [5, 5.41) is 2.87. The van der Waals surface area contributed by atoms with Crippen molar-refractivity contribution in [3.8, 4) is 5.75 Å². The van der Waals surface area contributed by atoms with E-state index < -0.39 is 28.5 Å². The molecule has 1 N–H and O–H groups in total. The maximum absolute atomic E-state index is 13.7. The summed E-state index contributed by atoms with van der Waals surface area (Å²) in [5.74, 6) is -0.0924. The van der Waals surface area contributed by atoms with Crippen LogP contribution >= 0.6 is 0 Å². The predicted octanol–water partition coefficient (Wildman–Crippen LogP) is 3.49. The summed E-state index contributed by atoms with van der Waals surface area (Å²) in [7, 11) is -3.78. The van der Waals surface area contributed by atoms with Gasteiger partial charge in [0.2, 0.25) is 21.8 Å². The highest BCUT2D eigenvalue weighted by Gasteiger charge is 2.31. The minimum atomic E-state index is -3.78. The molecule has 0 heterocycles. The van der Waals surface area contributed by atoms with Crippen LogP contribution in [-0.4, -0.2) is 57.1 Å². The number of benzene rings is 2. The molecule has 0 aromatic heterocycles. The van der Waals surface area contributed by atoms with Crippen LogP contribution in [0.5, 0.6) is 5.75 Å². The molecule has 0 bridgehead atoms. The van der Waals surface area contributed by atoms with Crippen LogP contribution in [0.4, 0.5) is 5.69 Å². The summed E-state index contributed by atoms with van der Waals surface area (Å²) < 4.78 is 31.8. The van der Waals surface area contributed by atoms with E-state index in [9.17, 15) is 18.0 Å². The summed E-state index contributed by atoms with van der Waals surface area (Å²) >= 11 is 0. The number of carbonyl (C=O) groups is 2. The molecule has 2 rings (SSSR count). The lowest BCUT2D eigenvalue weighted by molar-refractivity contribution is -0.140. The van der Waals surface area contributed by atoms with E-state index in [1.165, 1.54) is 4.90 Å². The number of hydrogen-bond donors (Lipinski definition) is 1. The second-order valence-electron chi connectivity index (χ2n) is 8.36. The minimum absolute atomic E-state index is 0.199. The van der Waals surface area contributed by atoms with Gasteiger partial charge in [0.15, 0.2) is 0 Å². The smallest absolute Gasteiger partial charge is 0.244 e. The number of sulfonamides is 1. The van der Waals surface area contributed by atoms with Gasteiger partial charge in [0.1, 0.15) is 18.3 Å². The van der Waals surface area contributed by atoms with E-state index in [2.05, 4.69) is 5.32 Å². The van der Waals surface area contributed by atoms with Gasteiger partial charge in [-0.2, -0.15) is 0 Å². The molecule has 192 valence electrons. The van der Waals surface area contributed by atoms with Crippen LogP contribution < -0.4 is 14.4 Å². The number of hydrogen-bond acceptors (Lipinski definition) is 5. The zero-order valence-electron chi connectivity index (χ0n) is 21.3. The van der Waals surface area contributed by atoms with Gasteiger partial charge in [0, 0.05) is 13.1 Å². The normalized spacial score (nSPS) is 12.0. The Morgan fingerprint density at radius 1 is 1.03 bits per heavy atom. The fourth-order valence-corrected chi connectivity index (χ4v) is 4.60. The standard InChI is InChI=1S/C26H37N3O5S/c1-6-17-27-26(31)24(7-2)28(18-21-12-10-9-11-20(21)4)25(30)19-29(35(5,32)33)22-13-15-23(16-14-22)34-8-3/h9-16,24H,6-8,17-19H2,1-5H3,(H,27,31). The van der Waals surface area contributed by atoms with Crippen molar-refractivity contribution in [2.45, 2.75) is 53.1 Å². The van der Waals surface area contributed by atoms with Crippen molar-refractivity contribution in [3.05, 3.63) is 59.7 Å². The summed E-state index contributed by atoms with van der Waals surface area (Å²) in [6.07, 6.45) is 2.23. The van der Waals surface area contributed by atoms with Crippen molar-refractivity contribution in [1.82, 2.24) is 10.2 Å². The second kappa shape index (κ2) is 13.1. The average Bonchev–Trinajstić information content (AvgIpc) is 2.82. The number of carbonyl (C=O) groups excluding carboxylic acids is 2. The van der Waals surface area contributed by atoms with Crippen LogP contribution in [0.25, 0.3) is 0 Å². The molecule has 0 saturated heterocycles. The van der Waals surface area contributed by atoms with Gasteiger partial charge in [-0.15, -0.1) is 0 Å². The van der Waals surface area contributed by atoms with E-state index >= 15 is 0 Å². The number of amides is 2. The number of aryl methyl sites for hydroxylation is 1. The highest BCUT2D eigenvalue weighted by Crippen LogP contribution is 2.23.